The van der Waals surface area contributed by atoms with E-state index in [0.29, 0.717) is 26.1 Å². The van der Waals surface area contributed by atoms with Crippen molar-refractivity contribution in [1.82, 2.24) is 21.3 Å². The smallest absolute Gasteiger partial charge is 0.315 e. The molecule has 0 heterocycles. The quantitative estimate of drug-likeness (QED) is 0.207. The first-order valence-electron chi connectivity index (χ1n) is 14.0. The van der Waals surface area contributed by atoms with Crippen LogP contribution in [0.1, 0.15) is 43.0 Å². The SMILES string of the molecule is CCOc1ccc(C[C@@H](NC(=O)NC(C)C)C(=O)N[C@@H](Cc2ccccc2)C(=O)NCc2ccc(CN)cc2)cc1. The molecule has 0 aromatic heterocycles. The van der Waals surface area contributed by atoms with Crippen LogP contribution in [0.25, 0.3) is 0 Å². The third-order valence-electron chi connectivity index (χ3n) is 6.36. The van der Waals surface area contributed by atoms with Crippen LogP contribution in [0.5, 0.6) is 5.75 Å². The van der Waals surface area contributed by atoms with Crippen molar-refractivity contribution < 1.29 is 19.1 Å². The van der Waals surface area contributed by atoms with Gasteiger partial charge in [0, 0.05) is 32.0 Å². The summed E-state index contributed by atoms with van der Waals surface area (Å²) < 4.78 is 5.51. The van der Waals surface area contributed by atoms with Crippen LogP contribution in [-0.4, -0.2) is 42.6 Å². The van der Waals surface area contributed by atoms with Gasteiger partial charge in [-0.25, -0.2) is 4.79 Å². The lowest BCUT2D eigenvalue weighted by atomic mass is 10.0. The van der Waals surface area contributed by atoms with Crippen molar-refractivity contribution in [2.24, 2.45) is 5.73 Å². The first-order valence-corrected chi connectivity index (χ1v) is 14.0. The van der Waals surface area contributed by atoms with E-state index in [9.17, 15) is 14.4 Å². The summed E-state index contributed by atoms with van der Waals surface area (Å²) >= 11 is 0. The van der Waals surface area contributed by atoms with E-state index in [4.69, 9.17) is 10.5 Å². The molecule has 0 saturated carbocycles. The summed E-state index contributed by atoms with van der Waals surface area (Å²) in [4.78, 5) is 39.6. The highest BCUT2D eigenvalue weighted by molar-refractivity contribution is 5.92. The first-order chi connectivity index (χ1) is 19.8. The van der Waals surface area contributed by atoms with Crippen molar-refractivity contribution in [2.75, 3.05) is 6.61 Å². The number of nitrogens with one attached hydrogen (secondary N) is 4. The average molecular weight is 560 g/mol. The van der Waals surface area contributed by atoms with E-state index < -0.39 is 24.0 Å². The predicted octanol–water partition coefficient (Wildman–Crippen LogP) is 3.21. The topological polar surface area (TPSA) is 135 Å². The van der Waals surface area contributed by atoms with Gasteiger partial charge >= 0.3 is 6.03 Å². The summed E-state index contributed by atoms with van der Waals surface area (Å²) in [5.41, 5.74) is 9.33. The second-order valence-corrected chi connectivity index (χ2v) is 10.1. The second-order valence-electron chi connectivity index (χ2n) is 10.1. The lowest BCUT2D eigenvalue weighted by Gasteiger charge is -2.24. The number of hydrogen-bond acceptors (Lipinski definition) is 5. The monoisotopic (exact) mass is 559 g/mol. The molecule has 0 saturated heterocycles. The Morgan fingerprint density at radius 2 is 1.27 bits per heavy atom. The normalized spacial score (nSPS) is 12.2. The first kappa shape index (κ1) is 31.2. The summed E-state index contributed by atoms with van der Waals surface area (Å²) in [6, 6.07) is 22.2. The van der Waals surface area contributed by atoms with Crippen molar-refractivity contribution in [3.05, 3.63) is 101 Å². The molecule has 0 aliphatic rings. The van der Waals surface area contributed by atoms with Crippen molar-refractivity contribution in [3.8, 4) is 5.75 Å². The highest BCUT2D eigenvalue weighted by Gasteiger charge is 2.27. The summed E-state index contributed by atoms with van der Waals surface area (Å²) in [6.45, 7) is 6.88. The number of carbonyl (C=O) groups is 3. The highest BCUT2D eigenvalue weighted by Crippen LogP contribution is 2.14. The zero-order valence-electron chi connectivity index (χ0n) is 24.0. The Kier molecular flexibility index (Phi) is 12.2. The zero-order chi connectivity index (χ0) is 29.6. The van der Waals surface area contributed by atoms with Gasteiger partial charge in [-0.1, -0.05) is 66.7 Å². The number of nitrogens with two attached hydrogens (primary N) is 1. The van der Waals surface area contributed by atoms with Crippen LogP contribution in [0.2, 0.25) is 0 Å². The van der Waals surface area contributed by atoms with Gasteiger partial charge in [0.15, 0.2) is 0 Å². The lowest BCUT2D eigenvalue weighted by molar-refractivity contribution is -0.130. The zero-order valence-corrected chi connectivity index (χ0v) is 24.0. The Balaban J connectivity index is 1.77. The molecule has 41 heavy (non-hydrogen) atoms. The number of rotatable bonds is 14. The molecule has 0 spiro atoms. The van der Waals surface area contributed by atoms with Gasteiger partial charge in [-0.2, -0.15) is 0 Å². The Labute approximate surface area is 242 Å². The van der Waals surface area contributed by atoms with Crippen LogP contribution in [0.15, 0.2) is 78.9 Å². The van der Waals surface area contributed by atoms with E-state index in [-0.39, 0.29) is 18.4 Å². The molecule has 9 heteroatoms. The molecule has 4 amide bonds. The summed E-state index contributed by atoms with van der Waals surface area (Å²) in [5, 5.41) is 11.4. The molecular weight excluding hydrogens is 518 g/mol. The fourth-order valence-electron chi connectivity index (χ4n) is 4.23. The molecule has 3 aromatic rings. The van der Waals surface area contributed by atoms with Gasteiger partial charge in [0.1, 0.15) is 17.8 Å². The summed E-state index contributed by atoms with van der Waals surface area (Å²) in [5.74, 6) is -0.0576. The standard InChI is InChI=1S/C32H41N5O4/c1-4-41-27-16-14-24(15-17-27)19-29(37-32(40)35-22(2)3)31(39)36-28(18-23-8-6-5-7-9-23)30(38)34-21-26-12-10-25(20-33)11-13-26/h5-17,22,28-29H,4,18-21,33H2,1-3H3,(H,34,38)(H,36,39)(H2,35,37,40)/t28-,29+/m0/s1. The molecule has 3 rings (SSSR count). The molecule has 0 aliphatic heterocycles. The third-order valence-corrected chi connectivity index (χ3v) is 6.36. The van der Waals surface area contributed by atoms with E-state index in [1.165, 1.54) is 0 Å². The molecule has 3 aromatic carbocycles. The van der Waals surface area contributed by atoms with Crippen LogP contribution in [0.3, 0.4) is 0 Å². The van der Waals surface area contributed by atoms with E-state index >= 15 is 0 Å². The average Bonchev–Trinajstić information content (AvgIpc) is 2.96. The summed E-state index contributed by atoms with van der Waals surface area (Å²) in [6.07, 6.45) is 0.523. The minimum Gasteiger partial charge on any atom is -0.494 e. The van der Waals surface area contributed by atoms with Gasteiger partial charge in [-0.15, -0.1) is 0 Å². The number of carbonyl (C=O) groups excluding carboxylic acids is 3. The molecule has 0 bridgehead atoms. The number of urea groups is 1. The molecule has 218 valence electrons. The van der Waals surface area contributed by atoms with Crippen LogP contribution in [0.4, 0.5) is 4.79 Å². The molecule has 9 nitrogen and oxygen atoms in total. The van der Waals surface area contributed by atoms with Crippen molar-refractivity contribution in [3.63, 3.8) is 0 Å². The van der Waals surface area contributed by atoms with Crippen LogP contribution >= 0.6 is 0 Å². The van der Waals surface area contributed by atoms with E-state index in [0.717, 1.165) is 28.0 Å². The molecule has 0 radical (unpaired) electrons. The van der Waals surface area contributed by atoms with E-state index in [1.807, 2.05) is 99.6 Å². The Morgan fingerprint density at radius 3 is 1.85 bits per heavy atom. The maximum Gasteiger partial charge on any atom is 0.315 e. The van der Waals surface area contributed by atoms with E-state index in [1.54, 1.807) is 0 Å². The van der Waals surface area contributed by atoms with Gasteiger partial charge in [-0.3, -0.25) is 9.59 Å². The minimum absolute atomic E-state index is 0.111. The van der Waals surface area contributed by atoms with Gasteiger partial charge < -0.3 is 31.7 Å². The van der Waals surface area contributed by atoms with Crippen LogP contribution < -0.4 is 31.7 Å². The molecule has 0 fully saturated rings. The number of hydrogen-bond donors (Lipinski definition) is 5. The van der Waals surface area contributed by atoms with Gasteiger partial charge in [0.25, 0.3) is 0 Å². The number of benzene rings is 3. The number of amides is 4. The third kappa shape index (κ3) is 10.6. The number of ether oxygens (including phenoxy) is 1. The molecular formula is C32H41N5O4. The van der Waals surface area contributed by atoms with Gasteiger partial charge in [-0.05, 0) is 55.2 Å². The molecule has 6 N–H and O–H groups in total. The van der Waals surface area contributed by atoms with Crippen molar-refractivity contribution in [1.29, 1.82) is 0 Å². The maximum absolute atomic E-state index is 13.6. The molecule has 0 unspecified atom stereocenters. The fourth-order valence-corrected chi connectivity index (χ4v) is 4.23. The van der Waals surface area contributed by atoms with Gasteiger partial charge in [0.05, 0.1) is 6.61 Å². The fraction of sp³-hybridized carbons (Fsp3) is 0.344. The Morgan fingerprint density at radius 1 is 0.707 bits per heavy atom. The lowest BCUT2D eigenvalue weighted by Crippen LogP contribution is -2.56. The van der Waals surface area contributed by atoms with Crippen molar-refractivity contribution in [2.45, 2.75) is 64.8 Å². The predicted molar refractivity (Wildman–Crippen MR) is 160 cm³/mol. The molecule has 0 aliphatic carbocycles. The van der Waals surface area contributed by atoms with E-state index in [2.05, 4.69) is 21.3 Å². The van der Waals surface area contributed by atoms with Crippen LogP contribution in [-0.2, 0) is 35.5 Å². The second kappa shape index (κ2) is 16.0. The molecule has 2 atom stereocenters. The van der Waals surface area contributed by atoms with Crippen LogP contribution in [0, 0.1) is 0 Å². The minimum atomic E-state index is -0.915. The highest BCUT2D eigenvalue weighted by atomic mass is 16.5. The summed E-state index contributed by atoms with van der Waals surface area (Å²) in [7, 11) is 0. The Hall–Kier alpha value is -4.37. The van der Waals surface area contributed by atoms with Crippen molar-refractivity contribution >= 4 is 17.8 Å². The largest absolute Gasteiger partial charge is 0.494 e. The van der Waals surface area contributed by atoms with Gasteiger partial charge in [0.2, 0.25) is 11.8 Å². The Bertz CT molecular complexity index is 1250. The maximum atomic E-state index is 13.6.